The Morgan fingerprint density at radius 1 is 1.29 bits per heavy atom. The SMILES string of the molecule is COCCCNS(=O)(=O)c1ccc(NC(C)COC)c(C(=O)O)c1. The number of hydrogen-bond donors (Lipinski definition) is 3. The van der Waals surface area contributed by atoms with Crippen molar-refractivity contribution >= 4 is 21.7 Å². The van der Waals surface area contributed by atoms with Crippen molar-refractivity contribution in [1.29, 1.82) is 0 Å². The van der Waals surface area contributed by atoms with Gasteiger partial charge in [-0.15, -0.1) is 0 Å². The number of carboxylic acid groups (broad SMARTS) is 1. The molecule has 0 amide bonds. The lowest BCUT2D eigenvalue weighted by molar-refractivity contribution is 0.0697. The third-order valence-corrected chi connectivity index (χ3v) is 4.63. The first-order valence-electron chi connectivity index (χ1n) is 7.43. The molecule has 9 heteroatoms. The van der Waals surface area contributed by atoms with E-state index in [0.29, 0.717) is 25.3 Å². The summed E-state index contributed by atoms with van der Waals surface area (Å²) in [5.41, 5.74) is 0.225. The van der Waals surface area contributed by atoms with E-state index in [1.54, 1.807) is 7.11 Å². The topological polar surface area (TPSA) is 114 Å². The molecule has 0 bridgehead atoms. The maximum absolute atomic E-state index is 12.2. The van der Waals surface area contributed by atoms with Crippen LogP contribution in [0.1, 0.15) is 23.7 Å². The van der Waals surface area contributed by atoms with Crippen molar-refractivity contribution in [3.05, 3.63) is 23.8 Å². The molecule has 0 saturated heterocycles. The molecule has 1 aromatic carbocycles. The Labute approximate surface area is 142 Å². The predicted molar refractivity (Wildman–Crippen MR) is 90.0 cm³/mol. The summed E-state index contributed by atoms with van der Waals surface area (Å²) in [6.45, 7) is 2.86. The van der Waals surface area contributed by atoms with Crippen LogP contribution in [0.4, 0.5) is 5.69 Å². The van der Waals surface area contributed by atoms with E-state index in [1.807, 2.05) is 6.92 Å². The number of carboxylic acids is 1. The minimum Gasteiger partial charge on any atom is -0.478 e. The van der Waals surface area contributed by atoms with E-state index in [4.69, 9.17) is 9.47 Å². The van der Waals surface area contributed by atoms with Crippen LogP contribution in [0.2, 0.25) is 0 Å². The lowest BCUT2D eigenvalue weighted by Crippen LogP contribution is -2.26. The Morgan fingerprint density at radius 2 is 2.00 bits per heavy atom. The fourth-order valence-electron chi connectivity index (χ4n) is 2.06. The molecule has 1 rings (SSSR count). The van der Waals surface area contributed by atoms with Gasteiger partial charge >= 0.3 is 5.97 Å². The van der Waals surface area contributed by atoms with Gasteiger partial charge in [0.25, 0.3) is 0 Å². The number of ether oxygens (including phenoxy) is 2. The summed E-state index contributed by atoms with van der Waals surface area (Å²) in [5, 5.41) is 12.3. The summed E-state index contributed by atoms with van der Waals surface area (Å²) >= 11 is 0. The van der Waals surface area contributed by atoms with Crippen LogP contribution in [0.15, 0.2) is 23.1 Å². The van der Waals surface area contributed by atoms with E-state index in [2.05, 4.69) is 10.0 Å². The second-order valence-corrected chi connectivity index (χ2v) is 7.02. The van der Waals surface area contributed by atoms with Crippen molar-refractivity contribution in [2.75, 3.05) is 39.3 Å². The number of nitrogens with one attached hydrogen (secondary N) is 2. The Morgan fingerprint density at radius 3 is 2.58 bits per heavy atom. The van der Waals surface area contributed by atoms with Crippen LogP contribution in [-0.4, -0.2) is 59.5 Å². The zero-order valence-corrected chi connectivity index (χ0v) is 14.9. The Hall–Kier alpha value is -1.68. The predicted octanol–water partition coefficient (Wildman–Crippen LogP) is 1.15. The molecule has 8 nitrogen and oxygen atoms in total. The monoisotopic (exact) mass is 360 g/mol. The Balaban J connectivity index is 2.98. The molecular weight excluding hydrogens is 336 g/mol. The fourth-order valence-corrected chi connectivity index (χ4v) is 3.16. The van der Waals surface area contributed by atoms with Crippen molar-refractivity contribution in [2.24, 2.45) is 0 Å². The number of benzene rings is 1. The molecule has 1 unspecified atom stereocenters. The van der Waals surface area contributed by atoms with E-state index >= 15 is 0 Å². The van der Waals surface area contributed by atoms with Crippen molar-refractivity contribution in [2.45, 2.75) is 24.3 Å². The maximum Gasteiger partial charge on any atom is 0.337 e. The lowest BCUT2D eigenvalue weighted by atomic mass is 10.1. The summed E-state index contributed by atoms with van der Waals surface area (Å²) < 4.78 is 36.7. The third-order valence-electron chi connectivity index (χ3n) is 3.17. The number of anilines is 1. The molecule has 0 aliphatic heterocycles. The van der Waals surface area contributed by atoms with Crippen LogP contribution in [0.5, 0.6) is 0 Å². The molecule has 0 saturated carbocycles. The second kappa shape index (κ2) is 9.58. The molecule has 24 heavy (non-hydrogen) atoms. The van der Waals surface area contributed by atoms with E-state index in [-0.39, 0.29) is 23.0 Å². The van der Waals surface area contributed by atoms with Gasteiger partial charge in [-0.2, -0.15) is 0 Å². The molecule has 3 N–H and O–H groups in total. The minimum atomic E-state index is -3.77. The molecule has 0 spiro atoms. The van der Waals surface area contributed by atoms with Crippen molar-refractivity contribution in [1.82, 2.24) is 4.72 Å². The highest BCUT2D eigenvalue weighted by molar-refractivity contribution is 7.89. The summed E-state index contributed by atoms with van der Waals surface area (Å²) in [6.07, 6.45) is 0.524. The summed E-state index contributed by atoms with van der Waals surface area (Å²) in [6, 6.07) is 3.83. The first kappa shape index (κ1) is 20.4. The maximum atomic E-state index is 12.2. The molecule has 0 heterocycles. The quantitative estimate of drug-likeness (QED) is 0.507. The Bertz CT molecular complexity index is 647. The fraction of sp³-hybridized carbons (Fsp3) is 0.533. The van der Waals surface area contributed by atoms with Crippen molar-refractivity contribution in [3.63, 3.8) is 0 Å². The summed E-state index contributed by atoms with van der Waals surface area (Å²) in [4.78, 5) is 11.3. The number of hydrogen-bond acceptors (Lipinski definition) is 6. The molecular formula is C15H24N2O6S. The van der Waals surface area contributed by atoms with Crippen LogP contribution in [0.3, 0.4) is 0 Å². The first-order chi connectivity index (χ1) is 11.3. The molecule has 0 aliphatic rings. The average molecular weight is 360 g/mol. The lowest BCUT2D eigenvalue weighted by Gasteiger charge is -2.17. The van der Waals surface area contributed by atoms with Crippen LogP contribution in [-0.2, 0) is 19.5 Å². The molecule has 0 aromatic heterocycles. The smallest absolute Gasteiger partial charge is 0.337 e. The zero-order valence-electron chi connectivity index (χ0n) is 14.0. The number of aromatic carboxylic acids is 1. The zero-order chi connectivity index (χ0) is 18.2. The second-order valence-electron chi connectivity index (χ2n) is 5.26. The molecule has 1 aromatic rings. The summed E-state index contributed by atoms with van der Waals surface area (Å²) in [5.74, 6) is -1.21. The normalized spacial score (nSPS) is 12.8. The van der Waals surface area contributed by atoms with Gasteiger partial charge in [0.15, 0.2) is 0 Å². The third kappa shape index (κ3) is 6.08. The molecule has 136 valence electrons. The number of rotatable bonds is 11. The molecule has 0 aliphatic carbocycles. The van der Waals surface area contributed by atoms with Gasteiger partial charge in [0.1, 0.15) is 0 Å². The van der Waals surface area contributed by atoms with Gasteiger partial charge in [-0.05, 0) is 31.5 Å². The molecule has 0 fully saturated rings. The van der Waals surface area contributed by atoms with E-state index < -0.39 is 16.0 Å². The standard InChI is InChI=1S/C15H24N2O6S/c1-11(10-23-3)17-14-6-5-12(9-13(14)15(18)19)24(20,21)16-7-4-8-22-2/h5-6,9,11,16-17H,4,7-8,10H2,1-3H3,(H,18,19). The largest absolute Gasteiger partial charge is 0.478 e. The Kier molecular flexibility index (Phi) is 8.13. The van der Waals surface area contributed by atoms with Gasteiger partial charge in [-0.1, -0.05) is 0 Å². The molecule has 1 atom stereocenters. The molecule has 0 radical (unpaired) electrons. The highest BCUT2D eigenvalue weighted by Crippen LogP contribution is 2.21. The van der Waals surface area contributed by atoms with E-state index in [9.17, 15) is 18.3 Å². The number of methoxy groups -OCH3 is 2. The summed E-state index contributed by atoms with van der Waals surface area (Å²) in [7, 11) is -0.699. The van der Waals surface area contributed by atoms with Crippen LogP contribution < -0.4 is 10.0 Å². The minimum absolute atomic E-state index is 0.0951. The first-order valence-corrected chi connectivity index (χ1v) is 8.91. The van der Waals surface area contributed by atoms with Gasteiger partial charge in [0, 0.05) is 39.1 Å². The highest BCUT2D eigenvalue weighted by atomic mass is 32.2. The number of sulfonamides is 1. The number of carbonyl (C=O) groups is 1. The van der Waals surface area contributed by atoms with E-state index in [0.717, 1.165) is 6.07 Å². The average Bonchev–Trinajstić information content (AvgIpc) is 2.51. The van der Waals surface area contributed by atoms with Crippen LogP contribution in [0, 0.1) is 0 Å². The van der Waals surface area contributed by atoms with Gasteiger partial charge in [0.2, 0.25) is 10.0 Å². The van der Waals surface area contributed by atoms with Crippen molar-refractivity contribution in [3.8, 4) is 0 Å². The van der Waals surface area contributed by atoms with Crippen LogP contribution >= 0.6 is 0 Å². The highest BCUT2D eigenvalue weighted by Gasteiger charge is 2.19. The van der Waals surface area contributed by atoms with Crippen molar-refractivity contribution < 1.29 is 27.8 Å². The van der Waals surface area contributed by atoms with Gasteiger partial charge in [-0.25, -0.2) is 17.9 Å². The van der Waals surface area contributed by atoms with Gasteiger partial charge in [-0.3, -0.25) is 0 Å². The van der Waals surface area contributed by atoms with Gasteiger partial charge < -0.3 is 19.9 Å². The van der Waals surface area contributed by atoms with Gasteiger partial charge in [0.05, 0.1) is 17.1 Å². The van der Waals surface area contributed by atoms with Crippen LogP contribution in [0.25, 0.3) is 0 Å². The van der Waals surface area contributed by atoms with E-state index in [1.165, 1.54) is 19.2 Å².